The van der Waals surface area contributed by atoms with Gasteiger partial charge in [0.2, 0.25) is 0 Å². The maximum atomic E-state index is 5.36. The van der Waals surface area contributed by atoms with Crippen molar-refractivity contribution in [1.29, 1.82) is 0 Å². The number of fused-ring (bicyclic) bond motifs is 1. The van der Waals surface area contributed by atoms with E-state index in [2.05, 4.69) is 66.4 Å². The Morgan fingerprint density at radius 3 is 2.48 bits per heavy atom. The van der Waals surface area contributed by atoms with Gasteiger partial charge in [0.15, 0.2) is 5.17 Å². The molecule has 0 amide bonds. The second-order valence-corrected chi connectivity index (χ2v) is 9.79. The first-order chi connectivity index (χ1) is 15.0. The van der Waals surface area contributed by atoms with Gasteiger partial charge in [-0.2, -0.15) is 0 Å². The minimum absolute atomic E-state index is 0.0136. The minimum atomic E-state index is 0.0136. The van der Waals surface area contributed by atoms with Crippen LogP contribution in [-0.4, -0.2) is 38.5 Å². The Kier molecular flexibility index (Phi) is 5.05. The first-order valence-electron chi connectivity index (χ1n) is 10.7. The molecular weight excluding hydrogens is 404 g/mol. The summed E-state index contributed by atoms with van der Waals surface area (Å²) in [5.74, 6) is 0.871. The molecule has 5 rings (SSSR count). The molecule has 2 aliphatic rings. The standard InChI is InChI=1S/C25H28N4OS/c1-15-14-28-24(23(27-25(28)31-15)21-8-6-7-13-26-21)22-16(2)17(3)29(18(22)4)19-9-11-20(30-5)12-10-19/h6-13,15,23-24H,14H2,1-5H3/t15-,23+,24-/m0/s1. The highest BCUT2D eigenvalue weighted by Crippen LogP contribution is 2.50. The van der Waals surface area contributed by atoms with Crippen LogP contribution in [0, 0.1) is 20.8 Å². The summed E-state index contributed by atoms with van der Waals surface area (Å²) >= 11 is 1.88. The topological polar surface area (TPSA) is 42.6 Å². The van der Waals surface area contributed by atoms with Crippen molar-refractivity contribution in [1.82, 2.24) is 14.5 Å². The monoisotopic (exact) mass is 432 g/mol. The summed E-state index contributed by atoms with van der Waals surface area (Å²) in [6.07, 6.45) is 1.87. The van der Waals surface area contributed by atoms with Crippen LogP contribution < -0.4 is 4.74 Å². The lowest BCUT2D eigenvalue weighted by Crippen LogP contribution is -2.29. The van der Waals surface area contributed by atoms with Crippen LogP contribution in [0.25, 0.3) is 5.69 Å². The summed E-state index contributed by atoms with van der Waals surface area (Å²) in [5.41, 5.74) is 7.44. The number of hydrogen-bond donors (Lipinski definition) is 0. The maximum Gasteiger partial charge on any atom is 0.160 e. The van der Waals surface area contributed by atoms with Gasteiger partial charge in [-0.3, -0.25) is 9.98 Å². The molecule has 3 atom stereocenters. The molecule has 1 fully saturated rings. The molecule has 0 spiro atoms. The Bertz CT molecular complexity index is 1140. The van der Waals surface area contributed by atoms with Crippen LogP contribution in [0.15, 0.2) is 53.7 Å². The fourth-order valence-electron chi connectivity index (χ4n) is 4.99. The van der Waals surface area contributed by atoms with Crippen LogP contribution in [-0.2, 0) is 0 Å². The molecule has 2 aliphatic heterocycles. The number of thioether (sulfide) groups is 1. The summed E-state index contributed by atoms with van der Waals surface area (Å²) in [6, 6.07) is 14.6. The second-order valence-electron chi connectivity index (χ2n) is 8.38. The molecule has 0 radical (unpaired) electrons. The smallest absolute Gasteiger partial charge is 0.160 e. The lowest BCUT2D eigenvalue weighted by molar-refractivity contribution is 0.319. The molecule has 3 aromatic rings. The van der Waals surface area contributed by atoms with Gasteiger partial charge in [0.25, 0.3) is 0 Å². The molecule has 1 saturated heterocycles. The van der Waals surface area contributed by atoms with Gasteiger partial charge in [-0.05, 0) is 62.7 Å². The molecule has 0 unspecified atom stereocenters. The van der Waals surface area contributed by atoms with Crippen LogP contribution in [0.2, 0.25) is 0 Å². The van der Waals surface area contributed by atoms with Crippen molar-refractivity contribution in [3.05, 3.63) is 76.9 Å². The molecule has 0 aliphatic carbocycles. The van der Waals surface area contributed by atoms with E-state index < -0.39 is 0 Å². The van der Waals surface area contributed by atoms with E-state index in [1.54, 1.807) is 7.11 Å². The number of hydrogen-bond acceptors (Lipinski definition) is 5. The zero-order valence-corrected chi connectivity index (χ0v) is 19.5. The van der Waals surface area contributed by atoms with E-state index >= 15 is 0 Å². The van der Waals surface area contributed by atoms with Crippen LogP contribution in [0.4, 0.5) is 0 Å². The summed E-state index contributed by atoms with van der Waals surface area (Å²) in [7, 11) is 1.70. The number of aromatic nitrogens is 2. The summed E-state index contributed by atoms with van der Waals surface area (Å²) in [5, 5.41) is 1.71. The van der Waals surface area contributed by atoms with Gasteiger partial charge in [-0.25, -0.2) is 0 Å². The predicted molar refractivity (Wildman–Crippen MR) is 127 cm³/mol. The Labute approximate surface area is 188 Å². The summed E-state index contributed by atoms with van der Waals surface area (Å²) in [6.45, 7) is 10.00. The molecule has 160 valence electrons. The molecule has 6 heteroatoms. The third-order valence-corrected chi connectivity index (χ3v) is 7.62. The number of aliphatic imine (C=N–C) groups is 1. The van der Waals surface area contributed by atoms with Crippen LogP contribution in [0.5, 0.6) is 5.75 Å². The van der Waals surface area contributed by atoms with E-state index in [-0.39, 0.29) is 12.1 Å². The lowest BCUT2D eigenvalue weighted by atomic mass is 9.93. The normalized spacial score (nSPS) is 22.5. The largest absolute Gasteiger partial charge is 0.497 e. The van der Waals surface area contributed by atoms with Crippen LogP contribution >= 0.6 is 11.8 Å². The molecule has 5 nitrogen and oxygen atoms in total. The van der Waals surface area contributed by atoms with Crippen molar-refractivity contribution >= 4 is 16.9 Å². The van der Waals surface area contributed by atoms with Crippen LogP contribution in [0.3, 0.4) is 0 Å². The number of pyridine rings is 1. The van der Waals surface area contributed by atoms with Crippen LogP contribution in [0.1, 0.15) is 47.2 Å². The van der Waals surface area contributed by atoms with Crippen molar-refractivity contribution < 1.29 is 4.74 Å². The molecule has 31 heavy (non-hydrogen) atoms. The minimum Gasteiger partial charge on any atom is -0.497 e. The highest BCUT2D eigenvalue weighted by molar-refractivity contribution is 8.14. The van der Waals surface area contributed by atoms with Crippen molar-refractivity contribution in [2.24, 2.45) is 4.99 Å². The van der Waals surface area contributed by atoms with E-state index in [0.29, 0.717) is 5.25 Å². The predicted octanol–water partition coefficient (Wildman–Crippen LogP) is 5.40. The van der Waals surface area contributed by atoms with E-state index in [1.165, 1.54) is 22.5 Å². The van der Waals surface area contributed by atoms with E-state index in [4.69, 9.17) is 9.73 Å². The maximum absolute atomic E-state index is 5.36. The summed E-state index contributed by atoms with van der Waals surface area (Å²) < 4.78 is 7.72. The molecular formula is C25H28N4OS. The first-order valence-corrected chi connectivity index (χ1v) is 11.6. The fourth-order valence-corrected chi connectivity index (χ4v) is 6.08. The van der Waals surface area contributed by atoms with Crippen molar-refractivity contribution in [3.8, 4) is 11.4 Å². The fraction of sp³-hybridized carbons (Fsp3) is 0.360. The number of amidine groups is 1. The SMILES string of the molecule is COc1ccc(-n2c(C)c(C)c([C@H]3[C@@H](c4ccccn4)N=C4S[C@@H](C)CN43)c2C)cc1. The molecule has 0 saturated carbocycles. The average molecular weight is 433 g/mol. The van der Waals surface area contributed by atoms with E-state index in [9.17, 15) is 0 Å². The molecule has 1 aromatic carbocycles. The van der Waals surface area contributed by atoms with Gasteiger partial charge >= 0.3 is 0 Å². The second kappa shape index (κ2) is 7.75. The third kappa shape index (κ3) is 3.24. The first kappa shape index (κ1) is 20.2. The Morgan fingerprint density at radius 2 is 1.81 bits per heavy atom. The number of ether oxygens (including phenoxy) is 1. The highest BCUT2D eigenvalue weighted by Gasteiger charge is 2.45. The number of nitrogens with zero attached hydrogens (tertiary/aromatic N) is 4. The Morgan fingerprint density at radius 1 is 1.03 bits per heavy atom. The van der Waals surface area contributed by atoms with E-state index in [1.807, 2.05) is 36.2 Å². The van der Waals surface area contributed by atoms with Gasteiger partial charge in [0, 0.05) is 40.6 Å². The van der Waals surface area contributed by atoms with Gasteiger partial charge in [-0.15, -0.1) is 0 Å². The van der Waals surface area contributed by atoms with Gasteiger partial charge < -0.3 is 14.2 Å². The van der Waals surface area contributed by atoms with Crippen molar-refractivity contribution in [2.75, 3.05) is 13.7 Å². The average Bonchev–Trinajstić information content (AvgIpc) is 3.38. The summed E-state index contributed by atoms with van der Waals surface area (Å²) in [4.78, 5) is 12.3. The number of benzene rings is 1. The van der Waals surface area contributed by atoms with Gasteiger partial charge in [0.1, 0.15) is 11.8 Å². The van der Waals surface area contributed by atoms with Crippen molar-refractivity contribution in [3.63, 3.8) is 0 Å². The molecule has 0 bridgehead atoms. The van der Waals surface area contributed by atoms with E-state index in [0.717, 1.165) is 28.8 Å². The molecule has 2 aromatic heterocycles. The quantitative estimate of drug-likeness (QED) is 0.554. The van der Waals surface area contributed by atoms with Gasteiger partial charge in [0.05, 0.1) is 18.8 Å². The zero-order chi connectivity index (χ0) is 21.7. The Hall–Kier alpha value is -2.73. The molecule has 0 N–H and O–H groups in total. The third-order valence-electron chi connectivity index (χ3n) is 6.51. The zero-order valence-electron chi connectivity index (χ0n) is 18.7. The van der Waals surface area contributed by atoms with Crippen molar-refractivity contribution in [2.45, 2.75) is 45.0 Å². The molecule has 4 heterocycles. The number of methoxy groups -OCH3 is 1. The highest BCUT2D eigenvalue weighted by atomic mass is 32.2. The lowest BCUT2D eigenvalue weighted by Gasteiger charge is -2.28. The Balaban J connectivity index is 1.64. The number of rotatable bonds is 4. The van der Waals surface area contributed by atoms with Gasteiger partial charge in [-0.1, -0.05) is 24.8 Å².